The molecular formula is C21H14Cl2N4O5. The quantitative estimate of drug-likeness (QED) is 0.462. The summed E-state index contributed by atoms with van der Waals surface area (Å²) in [6, 6.07) is 11.0. The molecule has 2 aromatic heterocycles. The van der Waals surface area contributed by atoms with E-state index >= 15 is 0 Å². The molecule has 0 aliphatic heterocycles. The van der Waals surface area contributed by atoms with Crippen molar-refractivity contribution in [1.29, 1.82) is 0 Å². The van der Waals surface area contributed by atoms with E-state index in [1.165, 1.54) is 22.9 Å². The lowest BCUT2D eigenvalue weighted by atomic mass is 10.2. The molecule has 2 N–H and O–H groups in total. The Morgan fingerprint density at radius 3 is 2.22 bits per heavy atom. The fourth-order valence-electron chi connectivity index (χ4n) is 3.21. The molecule has 0 aliphatic carbocycles. The number of H-pyrrole nitrogens is 1. The number of aromatic nitrogens is 4. The molecule has 2 heterocycles. The van der Waals surface area contributed by atoms with Crippen molar-refractivity contribution in [2.24, 2.45) is 0 Å². The summed E-state index contributed by atoms with van der Waals surface area (Å²) in [5, 5.41) is 9.90. The van der Waals surface area contributed by atoms with Crippen LogP contribution >= 0.6 is 23.2 Å². The first-order valence-corrected chi connectivity index (χ1v) is 9.93. The zero-order valence-electron chi connectivity index (χ0n) is 16.2. The predicted molar refractivity (Wildman–Crippen MR) is 119 cm³/mol. The van der Waals surface area contributed by atoms with Gasteiger partial charge in [-0.25, -0.2) is 14.4 Å². The molecule has 0 bridgehead atoms. The van der Waals surface area contributed by atoms with Crippen molar-refractivity contribution in [2.45, 2.75) is 6.54 Å². The fourth-order valence-corrected chi connectivity index (χ4v) is 3.59. The molecule has 0 atom stereocenters. The molecular weight excluding hydrogens is 459 g/mol. The van der Waals surface area contributed by atoms with Crippen LogP contribution in [0.15, 0.2) is 75.4 Å². The Kier molecular flexibility index (Phi) is 5.60. The zero-order chi connectivity index (χ0) is 23.0. The van der Waals surface area contributed by atoms with Gasteiger partial charge in [-0.3, -0.25) is 18.5 Å². The van der Waals surface area contributed by atoms with Gasteiger partial charge in [0.15, 0.2) is 0 Å². The Labute approximate surface area is 189 Å². The average molecular weight is 473 g/mol. The van der Waals surface area contributed by atoms with E-state index in [0.29, 0.717) is 16.9 Å². The van der Waals surface area contributed by atoms with E-state index in [9.17, 15) is 24.3 Å². The highest BCUT2D eigenvalue weighted by atomic mass is 35.5. The molecule has 162 valence electrons. The van der Waals surface area contributed by atoms with Gasteiger partial charge >= 0.3 is 17.3 Å². The van der Waals surface area contributed by atoms with Crippen LogP contribution in [0.2, 0.25) is 10.0 Å². The number of carboxylic acid groups (broad SMARTS) is 1. The maximum atomic E-state index is 13.1. The highest BCUT2D eigenvalue weighted by Gasteiger charge is 2.19. The van der Waals surface area contributed by atoms with Gasteiger partial charge in [-0.05, 0) is 35.9 Å². The minimum Gasteiger partial charge on any atom is -0.477 e. The summed E-state index contributed by atoms with van der Waals surface area (Å²) in [5.41, 5.74) is -1.44. The van der Waals surface area contributed by atoms with Gasteiger partial charge in [0.1, 0.15) is 5.56 Å². The van der Waals surface area contributed by atoms with Crippen LogP contribution in [0.25, 0.3) is 11.4 Å². The predicted octanol–water partition coefficient (Wildman–Crippen LogP) is 2.53. The second-order valence-electron chi connectivity index (χ2n) is 6.76. The SMILES string of the molecule is O=C(O)c1cn(-c2ccc(-n3cc[nH]c3=O)cc2)c(=O)n(Cc2cccc(Cl)c2Cl)c1=O. The maximum Gasteiger partial charge on any atom is 0.342 e. The molecule has 0 unspecified atom stereocenters. The van der Waals surface area contributed by atoms with Crippen molar-refractivity contribution in [3.8, 4) is 11.4 Å². The van der Waals surface area contributed by atoms with Gasteiger partial charge in [0.05, 0.1) is 28.0 Å². The highest BCUT2D eigenvalue weighted by molar-refractivity contribution is 6.42. The minimum absolute atomic E-state index is 0.161. The van der Waals surface area contributed by atoms with Gasteiger partial charge < -0.3 is 10.1 Å². The van der Waals surface area contributed by atoms with Crippen molar-refractivity contribution < 1.29 is 9.90 Å². The number of nitrogens with one attached hydrogen (secondary N) is 1. The number of rotatable bonds is 5. The van der Waals surface area contributed by atoms with E-state index < -0.39 is 22.8 Å². The summed E-state index contributed by atoms with van der Waals surface area (Å²) in [6.45, 7) is -0.269. The molecule has 0 amide bonds. The third-order valence-electron chi connectivity index (χ3n) is 4.82. The number of carboxylic acids is 1. The van der Waals surface area contributed by atoms with Gasteiger partial charge in [-0.1, -0.05) is 35.3 Å². The normalized spacial score (nSPS) is 10.9. The van der Waals surface area contributed by atoms with E-state index in [2.05, 4.69) is 4.98 Å². The number of hydrogen-bond acceptors (Lipinski definition) is 4. The van der Waals surface area contributed by atoms with Crippen molar-refractivity contribution in [3.05, 3.63) is 114 Å². The number of nitrogens with zero attached hydrogens (tertiary/aromatic N) is 3. The average Bonchev–Trinajstić information content (AvgIpc) is 3.20. The number of benzene rings is 2. The second kappa shape index (κ2) is 8.37. The summed E-state index contributed by atoms with van der Waals surface area (Å²) in [6.07, 6.45) is 4.00. The van der Waals surface area contributed by atoms with Crippen LogP contribution in [0, 0.1) is 0 Å². The number of hydrogen-bond donors (Lipinski definition) is 2. The van der Waals surface area contributed by atoms with Crippen LogP contribution in [0.4, 0.5) is 0 Å². The standard InChI is InChI=1S/C21H14Cl2N4O5/c22-16-3-1-2-12(17(16)23)10-27-18(28)15(19(29)30)11-26(21(27)32)14-6-4-13(5-7-14)25-9-8-24-20(25)31/h1-9,11H,10H2,(H,24,31)(H,29,30). The summed E-state index contributed by atoms with van der Waals surface area (Å²) >= 11 is 12.2. The van der Waals surface area contributed by atoms with Crippen LogP contribution in [0.3, 0.4) is 0 Å². The van der Waals surface area contributed by atoms with E-state index in [1.807, 2.05) is 0 Å². The van der Waals surface area contributed by atoms with Crippen LogP contribution in [-0.2, 0) is 6.54 Å². The second-order valence-corrected chi connectivity index (χ2v) is 7.54. The van der Waals surface area contributed by atoms with Crippen molar-refractivity contribution >= 4 is 29.2 Å². The van der Waals surface area contributed by atoms with Gasteiger partial charge in [-0.2, -0.15) is 0 Å². The van der Waals surface area contributed by atoms with Crippen LogP contribution < -0.4 is 16.9 Å². The topological polar surface area (TPSA) is 119 Å². The van der Waals surface area contributed by atoms with Crippen LogP contribution in [-0.4, -0.2) is 29.8 Å². The Hall–Kier alpha value is -3.82. The van der Waals surface area contributed by atoms with Gasteiger partial charge in [-0.15, -0.1) is 0 Å². The van der Waals surface area contributed by atoms with Gasteiger partial charge in [0.2, 0.25) is 0 Å². The molecule has 0 fully saturated rings. The molecule has 0 aliphatic rings. The van der Waals surface area contributed by atoms with Gasteiger partial charge in [0.25, 0.3) is 5.56 Å². The number of aromatic carboxylic acids is 1. The third kappa shape index (κ3) is 3.79. The minimum atomic E-state index is -1.48. The van der Waals surface area contributed by atoms with Gasteiger partial charge in [0, 0.05) is 18.6 Å². The lowest BCUT2D eigenvalue weighted by molar-refractivity contribution is 0.0693. The maximum absolute atomic E-state index is 13.1. The lowest BCUT2D eigenvalue weighted by Gasteiger charge is -2.13. The molecule has 2 aromatic carbocycles. The number of imidazole rings is 1. The van der Waals surface area contributed by atoms with Crippen molar-refractivity contribution in [1.82, 2.24) is 18.7 Å². The van der Waals surface area contributed by atoms with Crippen molar-refractivity contribution in [2.75, 3.05) is 0 Å². The molecule has 32 heavy (non-hydrogen) atoms. The number of aromatic amines is 1. The fraction of sp³-hybridized carbons (Fsp3) is 0.0476. The Bertz CT molecular complexity index is 1510. The summed E-state index contributed by atoms with van der Waals surface area (Å²) in [5.74, 6) is -1.48. The van der Waals surface area contributed by atoms with Crippen LogP contribution in [0.5, 0.6) is 0 Å². The Balaban J connectivity index is 1.86. The monoisotopic (exact) mass is 472 g/mol. The number of halogens is 2. The zero-order valence-corrected chi connectivity index (χ0v) is 17.7. The summed E-state index contributed by atoms with van der Waals surface area (Å²) < 4.78 is 3.19. The largest absolute Gasteiger partial charge is 0.477 e. The van der Waals surface area contributed by atoms with E-state index in [4.69, 9.17) is 23.2 Å². The highest BCUT2D eigenvalue weighted by Crippen LogP contribution is 2.25. The molecule has 4 rings (SSSR count). The number of carbonyl (C=O) groups is 1. The smallest absolute Gasteiger partial charge is 0.342 e. The lowest BCUT2D eigenvalue weighted by Crippen LogP contribution is -2.42. The first-order chi connectivity index (χ1) is 15.3. The molecule has 0 saturated heterocycles. The van der Waals surface area contributed by atoms with E-state index in [0.717, 1.165) is 15.3 Å². The Morgan fingerprint density at radius 1 is 0.969 bits per heavy atom. The molecule has 11 heteroatoms. The van der Waals surface area contributed by atoms with E-state index in [1.54, 1.807) is 36.5 Å². The molecule has 0 saturated carbocycles. The molecule has 0 radical (unpaired) electrons. The molecule has 9 nitrogen and oxygen atoms in total. The summed E-state index contributed by atoms with van der Waals surface area (Å²) in [4.78, 5) is 51.8. The molecule has 0 spiro atoms. The Morgan fingerprint density at radius 2 is 1.62 bits per heavy atom. The first kappa shape index (κ1) is 21.4. The van der Waals surface area contributed by atoms with Crippen molar-refractivity contribution in [3.63, 3.8) is 0 Å². The molecule has 4 aromatic rings. The first-order valence-electron chi connectivity index (χ1n) is 9.17. The summed E-state index contributed by atoms with van der Waals surface area (Å²) in [7, 11) is 0. The van der Waals surface area contributed by atoms with E-state index in [-0.39, 0.29) is 22.3 Å². The third-order valence-corrected chi connectivity index (χ3v) is 5.67. The van der Waals surface area contributed by atoms with Crippen LogP contribution in [0.1, 0.15) is 15.9 Å².